The first-order chi connectivity index (χ1) is 11.9. The van der Waals surface area contributed by atoms with Crippen molar-refractivity contribution in [2.24, 2.45) is 0 Å². The molecule has 1 aliphatic rings. The molecule has 5 nitrogen and oxygen atoms in total. The van der Waals surface area contributed by atoms with E-state index in [4.69, 9.17) is 10.00 Å². The molecule has 1 aromatic carbocycles. The van der Waals surface area contributed by atoms with Gasteiger partial charge in [-0.2, -0.15) is 18.4 Å². The Balaban J connectivity index is 2.17. The minimum absolute atomic E-state index is 0.219. The number of rotatable bonds is 1. The number of nitrogens with zero attached hydrogens (tertiary/aromatic N) is 3. The van der Waals surface area contributed by atoms with Gasteiger partial charge in [0, 0.05) is 31.4 Å². The van der Waals surface area contributed by atoms with Gasteiger partial charge in [-0.1, -0.05) is 0 Å². The first-order valence-corrected chi connectivity index (χ1v) is 8.28. The summed E-state index contributed by atoms with van der Waals surface area (Å²) in [6.45, 7) is 8.26. The molecule has 8 heteroatoms. The highest BCUT2D eigenvalue weighted by Gasteiger charge is 2.35. The van der Waals surface area contributed by atoms with E-state index in [0.29, 0.717) is 25.3 Å². The Morgan fingerprint density at radius 3 is 2.42 bits per heavy atom. The molecule has 1 amide bonds. The van der Waals surface area contributed by atoms with E-state index >= 15 is 0 Å². The maximum Gasteiger partial charge on any atom is 0.417 e. The molecule has 2 rings (SSSR count). The van der Waals surface area contributed by atoms with Crippen LogP contribution in [0, 0.1) is 11.3 Å². The van der Waals surface area contributed by atoms with Crippen LogP contribution in [0.5, 0.6) is 0 Å². The molecule has 1 aromatic rings. The standard InChI is InChI=1S/C18H22F3N3O2/c1-12-11-23(7-8-24(12)16(25)26-17(2,3)4)14-6-5-13(10-22)15(9-14)18(19,20)21/h5-6,9,12H,7-8,11H2,1-4H3. The molecule has 0 saturated carbocycles. The average molecular weight is 369 g/mol. The van der Waals surface area contributed by atoms with Gasteiger partial charge in [-0.3, -0.25) is 0 Å². The van der Waals surface area contributed by atoms with Gasteiger partial charge < -0.3 is 14.5 Å². The van der Waals surface area contributed by atoms with E-state index in [1.54, 1.807) is 36.6 Å². The van der Waals surface area contributed by atoms with Crippen molar-refractivity contribution in [3.05, 3.63) is 29.3 Å². The number of alkyl halides is 3. The van der Waals surface area contributed by atoms with Crippen LogP contribution in [-0.4, -0.2) is 42.3 Å². The Labute approximate surface area is 150 Å². The Kier molecular flexibility index (Phi) is 5.40. The molecule has 0 aliphatic carbocycles. The highest BCUT2D eigenvalue weighted by molar-refractivity contribution is 5.69. The third kappa shape index (κ3) is 4.59. The van der Waals surface area contributed by atoms with Crippen LogP contribution in [-0.2, 0) is 10.9 Å². The van der Waals surface area contributed by atoms with Gasteiger partial charge in [-0.25, -0.2) is 4.79 Å². The van der Waals surface area contributed by atoms with Gasteiger partial charge in [0.15, 0.2) is 0 Å². The van der Waals surface area contributed by atoms with Crippen molar-refractivity contribution in [2.45, 2.75) is 45.5 Å². The highest BCUT2D eigenvalue weighted by Crippen LogP contribution is 2.35. The first kappa shape index (κ1) is 19.9. The second kappa shape index (κ2) is 7.06. The van der Waals surface area contributed by atoms with Crippen molar-refractivity contribution in [1.82, 2.24) is 4.90 Å². The normalized spacial score (nSPS) is 18.5. The zero-order valence-electron chi connectivity index (χ0n) is 15.2. The van der Waals surface area contributed by atoms with Gasteiger partial charge in [0.05, 0.1) is 17.2 Å². The number of nitriles is 1. The Bertz CT molecular complexity index is 720. The van der Waals surface area contributed by atoms with E-state index in [0.717, 1.165) is 6.07 Å². The summed E-state index contributed by atoms with van der Waals surface area (Å²) >= 11 is 0. The SMILES string of the molecule is CC1CN(c2ccc(C#N)c(C(F)(F)F)c2)CCN1C(=O)OC(C)(C)C. The van der Waals surface area contributed by atoms with E-state index in [1.165, 1.54) is 12.1 Å². The van der Waals surface area contributed by atoms with Gasteiger partial charge in [0.2, 0.25) is 0 Å². The molecule has 1 heterocycles. The quantitative estimate of drug-likeness (QED) is 0.750. The summed E-state index contributed by atoms with van der Waals surface area (Å²) in [7, 11) is 0. The maximum atomic E-state index is 13.1. The van der Waals surface area contributed by atoms with Crippen LogP contribution in [0.2, 0.25) is 0 Å². The molecule has 0 bridgehead atoms. The fraction of sp³-hybridized carbons (Fsp3) is 0.556. The van der Waals surface area contributed by atoms with Crippen LogP contribution in [0.15, 0.2) is 18.2 Å². The lowest BCUT2D eigenvalue weighted by Crippen LogP contribution is -2.55. The second-order valence-electron chi connectivity index (χ2n) is 7.31. The molecule has 1 saturated heterocycles. The van der Waals surface area contributed by atoms with Gasteiger partial charge in [0.25, 0.3) is 0 Å². The van der Waals surface area contributed by atoms with E-state index in [9.17, 15) is 18.0 Å². The summed E-state index contributed by atoms with van der Waals surface area (Å²) in [5, 5.41) is 8.89. The van der Waals surface area contributed by atoms with Gasteiger partial charge in [-0.15, -0.1) is 0 Å². The summed E-state index contributed by atoms with van der Waals surface area (Å²) in [6, 6.07) is 5.04. The van der Waals surface area contributed by atoms with Crippen LogP contribution in [0.1, 0.15) is 38.8 Å². The number of carbonyl (C=O) groups excluding carboxylic acids is 1. The molecule has 0 N–H and O–H groups in total. The van der Waals surface area contributed by atoms with Crippen molar-refractivity contribution in [3.63, 3.8) is 0 Å². The fourth-order valence-corrected chi connectivity index (χ4v) is 2.84. The average Bonchev–Trinajstić information content (AvgIpc) is 2.51. The Morgan fingerprint density at radius 2 is 1.92 bits per heavy atom. The van der Waals surface area contributed by atoms with Crippen molar-refractivity contribution >= 4 is 11.8 Å². The van der Waals surface area contributed by atoms with Crippen LogP contribution >= 0.6 is 0 Å². The zero-order valence-corrected chi connectivity index (χ0v) is 15.2. The summed E-state index contributed by atoms with van der Waals surface area (Å²) < 4.78 is 44.8. The summed E-state index contributed by atoms with van der Waals surface area (Å²) in [4.78, 5) is 15.6. The number of carbonyl (C=O) groups is 1. The summed E-state index contributed by atoms with van der Waals surface area (Å²) in [6.07, 6.45) is -5.02. The van der Waals surface area contributed by atoms with Crippen LogP contribution < -0.4 is 4.90 Å². The molecular weight excluding hydrogens is 347 g/mol. The summed E-state index contributed by atoms with van der Waals surface area (Å²) in [5.74, 6) is 0. The number of benzene rings is 1. The van der Waals surface area contributed by atoms with Crippen molar-refractivity contribution in [1.29, 1.82) is 5.26 Å². The molecule has 1 atom stereocenters. The molecular formula is C18H22F3N3O2. The van der Waals surface area contributed by atoms with Crippen molar-refractivity contribution in [3.8, 4) is 6.07 Å². The maximum absolute atomic E-state index is 13.1. The van der Waals surface area contributed by atoms with E-state index in [2.05, 4.69) is 0 Å². The Hall–Kier alpha value is -2.43. The number of anilines is 1. The topological polar surface area (TPSA) is 56.6 Å². The second-order valence-corrected chi connectivity index (χ2v) is 7.31. The van der Waals surface area contributed by atoms with Gasteiger partial charge in [-0.05, 0) is 45.9 Å². The fourth-order valence-electron chi connectivity index (χ4n) is 2.84. The number of hydrogen-bond donors (Lipinski definition) is 0. The molecule has 0 spiro atoms. The van der Waals surface area contributed by atoms with E-state index in [-0.39, 0.29) is 6.04 Å². The third-order valence-electron chi connectivity index (χ3n) is 4.05. The first-order valence-electron chi connectivity index (χ1n) is 8.28. The van der Waals surface area contributed by atoms with Crippen molar-refractivity contribution < 1.29 is 22.7 Å². The molecule has 142 valence electrons. The molecule has 26 heavy (non-hydrogen) atoms. The predicted molar refractivity (Wildman–Crippen MR) is 90.8 cm³/mol. The number of piperazine rings is 1. The third-order valence-corrected chi connectivity index (χ3v) is 4.05. The van der Waals surface area contributed by atoms with Gasteiger partial charge >= 0.3 is 12.3 Å². The van der Waals surface area contributed by atoms with E-state index < -0.39 is 29.0 Å². The molecule has 0 aromatic heterocycles. The predicted octanol–water partition coefficient (Wildman–Crippen LogP) is 4.02. The van der Waals surface area contributed by atoms with Crippen LogP contribution in [0.3, 0.4) is 0 Å². The minimum atomic E-state index is -4.59. The minimum Gasteiger partial charge on any atom is -0.444 e. The number of ether oxygens (including phenoxy) is 1. The highest BCUT2D eigenvalue weighted by atomic mass is 19.4. The molecule has 1 fully saturated rings. The molecule has 0 radical (unpaired) electrons. The largest absolute Gasteiger partial charge is 0.444 e. The van der Waals surface area contributed by atoms with Crippen LogP contribution in [0.4, 0.5) is 23.7 Å². The van der Waals surface area contributed by atoms with Gasteiger partial charge in [0.1, 0.15) is 5.60 Å². The lowest BCUT2D eigenvalue weighted by molar-refractivity contribution is -0.137. The monoisotopic (exact) mass is 369 g/mol. The molecule has 1 aliphatic heterocycles. The lowest BCUT2D eigenvalue weighted by Gasteiger charge is -2.41. The summed E-state index contributed by atoms with van der Waals surface area (Å²) in [5.41, 5.74) is -1.57. The Morgan fingerprint density at radius 1 is 1.27 bits per heavy atom. The molecule has 1 unspecified atom stereocenters. The smallest absolute Gasteiger partial charge is 0.417 e. The van der Waals surface area contributed by atoms with E-state index in [1.807, 2.05) is 6.92 Å². The zero-order chi connectivity index (χ0) is 19.7. The van der Waals surface area contributed by atoms with Crippen molar-refractivity contribution in [2.75, 3.05) is 24.5 Å². The number of amides is 1. The number of hydrogen-bond acceptors (Lipinski definition) is 4. The van der Waals surface area contributed by atoms with Crippen LogP contribution in [0.25, 0.3) is 0 Å². The number of halogens is 3. The lowest BCUT2D eigenvalue weighted by atomic mass is 10.1.